The van der Waals surface area contributed by atoms with Crippen LogP contribution < -0.4 is 4.74 Å². The summed E-state index contributed by atoms with van der Waals surface area (Å²) in [4.78, 5) is 22.1. The predicted octanol–water partition coefficient (Wildman–Crippen LogP) is 2.90. The average Bonchev–Trinajstić information content (AvgIpc) is 2.38. The number of benzene rings is 1. The Morgan fingerprint density at radius 2 is 2.16 bits per heavy atom. The number of nitro benzene ring substituents is 1. The topological polar surface area (TPSA) is 69.4 Å². The average molecular weight is 263 g/mol. The van der Waals surface area contributed by atoms with Crippen LogP contribution in [-0.4, -0.2) is 16.8 Å². The highest BCUT2D eigenvalue weighted by Gasteiger charge is 2.49. The van der Waals surface area contributed by atoms with Gasteiger partial charge in [0.25, 0.3) is 0 Å². The minimum atomic E-state index is -0.558. The molecule has 1 aliphatic carbocycles. The van der Waals surface area contributed by atoms with Gasteiger partial charge in [-0.1, -0.05) is 13.0 Å². The maximum absolute atomic E-state index is 11.5. The fraction of sp³-hybridized carbons (Fsp3) is 0.500. The van der Waals surface area contributed by atoms with Crippen LogP contribution in [0.5, 0.6) is 5.75 Å². The van der Waals surface area contributed by atoms with Crippen molar-refractivity contribution in [2.75, 3.05) is 0 Å². The van der Waals surface area contributed by atoms with E-state index >= 15 is 0 Å². The molecule has 0 bridgehead atoms. The Morgan fingerprint density at radius 1 is 1.47 bits per heavy atom. The number of aryl methyl sites for hydroxylation is 1. The highest BCUT2D eigenvalue weighted by atomic mass is 16.6. The first-order chi connectivity index (χ1) is 8.86. The van der Waals surface area contributed by atoms with E-state index < -0.39 is 10.3 Å². The summed E-state index contributed by atoms with van der Waals surface area (Å²) in [5.41, 5.74) is 0.301. The molecule has 0 saturated heterocycles. The molecule has 0 aliphatic heterocycles. The highest BCUT2D eigenvalue weighted by molar-refractivity contribution is 5.91. The number of ketones is 1. The lowest BCUT2D eigenvalue weighted by molar-refractivity contribution is -0.386. The summed E-state index contributed by atoms with van der Waals surface area (Å²) in [5, 5.41) is 11.1. The third-order valence-corrected chi connectivity index (χ3v) is 3.79. The Balaban J connectivity index is 2.26. The Labute approximate surface area is 111 Å². The van der Waals surface area contributed by atoms with Crippen molar-refractivity contribution in [3.63, 3.8) is 0 Å². The summed E-state index contributed by atoms with van der Waals surface area (Å²) < 4.78 is 5.67. The van der Waals surface area contributed by atoms with Crippen molar-refractivity contribution in [2.45, 2.75) is 39.7 Å². The number of Topliss-reactive ketones (excluding diaryl/α,β-unsaturated/α-hetero) is 1. The molecule has 19 heavy (non-hydrogen) atoms. The molecule has 1 fully saturated rings. The number of carbonyl (C=O) groups excluding carboxylic acids is 1. The second-order valence-corrected chi connectivity index (χ2v) is 5.37. The van der Waals surface area contributed by atoms with Gasteiger partial charge >= 0.3 is 5.69 Å². The molecule has 0 radical (unpaired) electrons. The van der Waals surface area contributed by atoms with E-state index in [0.717, 1.165) is 12.0 Å². The Morgan fingerprint density at radius 3 is 2.63 bits per heavy atom. The number of carbonyl (C=O) groups is 1. The van der Waals surface area contributed by atoms with Crippen LogP contribution in [0.4, 0.5) is 5.69 Å². The fourth-order valence-corrected chi connectivity index (χ4v) is 2.10. The van der Waals surface area contributed by atoms with Crippen molar-refractivity contribution in [3.8, 4) is 5.75 Å². The lowest BCUT2D eigenvalue weighted by Gasteiger charge is -2.41. The van der Waals surface area contributed by atoms with E-state index in [1.165, 1.54) is 6.07 Å². The van der Waals surface area contributed by atoms with Gasteiger partial charge in [0.2, 0.25) is 0 Å². The van der Waals surface area contributed by atoms with E-state index in [1.807, 2.05) is 13.0 Å². The number of hydrogen-bond donors (Lipinski definition) is 0. The van der Waals surface area contributed by atoms with Gasteiger partial charge in [0.05, 0.1) is 10.3 Å². The zero-order valence-corrected chi connectivity index (χ0v) is 11.3. The molecule has 2 rings (SSSR count). The standard InChI is InChI=1S/C14H17NO4/c1-4-9-5-6-11(10(7-9)15(17)18)19-13-8-12(16)14(13,2)3/h5-7,13H,4,8H2,1-3H3. The van der Waals surface area contributed by atoms with Crippen molar-refractivity contribution in [2.24, 2.45) is 5.41 Å². The maximum Gasteiger partial charge on any atom is 0.311 e. The Bertz CT molecular complexity index is 536. The van der Waals surface area contributed by atoms with Crippen LogP contribution >= 0.6 is 0 Å². The molecule has 5 nitrogen and oxygen atoms in total. The van der Waals surface area contributed by atoms with Gasteiger partial charge < -0.3 is 4.74 Å². The molecule has 1 saturated carbocycles. The van der Waals surface area contributed by atoms with Gasteiger partial charge in [-0.05, 0) is 31.9 Å². The second-order valence-electron chi connectivity index (χ2n) is 5.37. The van der Waals surface area contributed by atoms with Crippen LogP contribution in [0.25, 0.3) is 0 Å². The third kappa shape index (κ3) is 2.32. The minimum Gasteiger partial charge on any atom is -0.482 e. The van der Waals surface area contributed by atoms with Gasteiger partial charge in [-0.2, -0.15) is 0 Å². The molecule has 102 valence electrons. The molecule has 0 amide bonds. The number of ether oxygens (including phenoxy) is 1. The summed E-state index contributed by atoms with van der Waals surface area (Å²) >= 11 is 0. The van der Waals surface area contributed by atoms with Crippen molar-refractivity contribution < 1.29 is 14.5 Å². The molecule has 1 aromatic rings. The maximum atomic E-state index is 11.5. The molecule has 1 aliphatic rings. The summed E-state index contributed by atoms with van der Waals surface area (Å²) in [7, 11) is 0. The molecule has 0 spiro atoms. The van der Waals surface area contributed by atoms with Gasteiger partial charge in [0.15, 0.2) is 5.75 Å². The van der Waals surface area contributed by atoms with Crippen LogP contribution in [0, 0.1) is 15.5 Å². The first-order valence-corrected chi connectivity index (χ1v) is 6.33. The van der Waals surface area contributed by atoms with E-state index in [9.17, 15) is 14.9 Å². The largest absolute Gasteiger partial charge is 0.482 e. The molecule has 1 aromatic carbocycles. The SMILES string of the molecule is CCc1ccc(OC2CC(=O)C2(C)C)c([N+](=O)[O-])c1. The van der Waals surface area contributed by atoms with E-state index in [4.69, 9.17) is 4.74 Å². The van der Waals surface area contributed by atoms with E-state index in [0.29, 0.717) is 6.42 Å². The van der Waals surface area contributed by atoms with Crippen LogP contribution in [-0.2, 0) is 11.2 Å². The zero-order chi connectivity index (χ0) is 14.2. The number of nitro groups is 1. The van der Waals surface area contributed by atoms with Crippen LogP contribution in [0.15, 0.2) is 18.2 Å². The Kier molecular flexibility index (Phi) is 3.30. The minimum absolute atomic E-state index is 0.0329. The van der Waals surface area contributed by atoms with E-state index in [-0.39, 0.29) is 23.3 Å². The molecular weight excluding hydrogens is 246 g/mol. The second kappa shape index (κ2) is 4.64. The summed E-state index contributed by atoms with van der Waals surface area (Å²) in [6.45, 7) is 5.54. The molecule has 1 unspecified atom stereocenters. The van der Waals surface area contributed by atoms with Crippen molar-refractivity contribution in [1.82, 2.24) is 0 Å². The normalized spacial score (nSPS) is 20.8. The molecule has 0 N–H and O–H groups in total. The van der Waals surface area contributed by atoms with Crippen molar-refractivity contribution >= 4 is 11.5 Å². The first-order valence-electron chi connectivity index (χ1n) is 6.33. The molecular formula is C14H17NO4. The first kappa shape index (κ1) is 13.5. The number of nitrogens with zero attached hydrogens (tertiary/aromatic N) is 1. The van der Waals surface area contributed by atoms with E-state index in [1.54, 1.807) is 19.9 Å². The van der Waals surface area contributed by atoms with Gasteiger partial charge in [-0.15, -0.1) is 0 Å². The van der Waals surface area contributed by atoms with Crippen LogP contribution in [0.2, 0.25) is 0 Å². The predicted molar refractivity (Wildman–Crippen MR) is 70.3 cm³/mol. The summed E-state index contributed by atoms with van der Waals surface area (Å²) in [6, 6.07) is 4.97. The van der Waals surface area contributed by atoms with Gasteiger partial charge in [-0.3, -0.25) is 14.9 Å². The molecule has 1 atom stereocenters. The monoisotopic (exact) mass is 263 g/mol. The lowest BCUT2D eigenvalue weighted by atomic mass is 9.68. The van der Waals surface area contributed by atoms with Crippen LogP contribution in [0.3, 0.4) is 0 Å². The Hall–Kier alpha value is -1.91. The smallest absolute Gasteiger partial charge is 0.311 e. The van der Waals surface area contributed by atoms with Gasteiger partial charge in [0.1, 0.15) is 11.9 Å². The van der Waals surface area contributed by atoms with Crippen molar-refractivity contribution in [3.05, 3.63) is 33.9 Å². The van der Waals surface area contributed by atoms with Crippen LogP contribution in [0.1, 0.15) is 32.8 Å². The highest BCUT2D eigenvalue weighted by Crippen LogP contribution is 2.41. The molecule has 0 aromatic heterocycles. The third-order valence-electron chi connectivity index (χ3n) is 3.79. The fourth-order valence-electron chi connectivity index (χ4n) is 2.10. The molecule has 5 heteroatoms. The lowest BCUT2D eigenvalue weighted by Crippen LogP contribution is -2.53. The number of hydrogen-bond acceptors (Lipinski definition) is 4. The van der Waals surface area contributed by atoms with Gasteiger partial charge in [-0.25, -0.2) is 0 Å². The summed E-state index contributed by atoms with van der Waals surface area (Å²) in [5.74, 6) is 0.373. The van der Waals surface area contributed by atoms with Crippen molar-refractivity contribution in [1.29, 1.82) is 0 Å². The quantitative estimate of drug-likeness (QED) is 0.618. The molecule has 0 heterocycles. The van der Waals surface area contributed by atoms with E-state index in [2.05, 4.69) is 0 Å². The van der Waals surface area contributed by atoms with Gasteiger partial charge in [0, 0.05) is 12.5 Å². The summed E-state index contributed by atoms with van der Waals surface area (Å²) in [6.07, 6.45) is 0.764. The zero-order valence-electron chi connectivity index (χ0n) is 11.3. The number of rotatable bonds is 4.